The SMILES string of the molecule is O=C(Nc1ccccc1S(=O)(=O)F)C1=COCCO1. The van der Waals surface area contributed by atoms with E-state index in [0.29, 0.717) is 6.61 Å². The molecule has 0 fully saturated rings. The molecule has 2 rings (SSSR count). The van der Waals surface area contributed by atoms with Crippen molar-refractivity contribution < 1.29 is 26.6 Å². The Morgan fingerprint density at radius 2 is 2.00 bits per heavy atom. The van der Waals surface area contributed by atoms with Crippen LogP contribution in [-0.4, -0.2) is 27.5 Å². The van der Waals surface area contributed by atoms with E-state index in [0.717, 1.165) is 12.3 Å². The third-order valence-electron chi connectivity index (χ3n) is 2.27. The van der Waals surface area contributed by atoms with Gasteiger partial charge in [0.25, 0.3) is 5.91 Å². The van der Waals surface area contributed by atoms with Gasteiger partial charge >= 0.3 is 10.2 Å². The summed E-state index contributed by atoms with van der Waals surface area (Å²) in [6.45, 7) is 0.536. The molecule has 0 saturated heterocycles. The van der Waals surface area contributed by atoms with Crippen molar-refractivity contribution in [2.75, 3.05) is 18.5 Å². The van der Waals surface area contributed by atoms with Gasteiger partial charge in [0.1, 0.15) is 24.4 Å². The maximum Gasteiger partial charge on any atom is 0.334 e. The van der Waals surface area contributed by atoms with E-state index in [2.05, 4.69) is 5.32 Å². The van der Waals surface area contributed by atoms with Crippen LogP contribution in [0.5, 0.6) is 0 Å². The van der Waals surface area contributed by atoms with Crippen molar-refractivity contribution in [3.05, 3.63) is 36.3 Å². The molecule has 102 valence electrons. The minimum Gasteiger partial charge on any atom is -0.494 e. The summed E-state index contributed by atoms with van der Waals surface area (Å²) in [5.74, 6) is -0.812. The molecule has 1 heterocycles. The Morgan fingerprint density at radius 3 is 2.63 bits per heavy atom. The smallest absolute Gasteiger partial charge is 0.334 e. The maximum atomic E-state index is 13.0. The molecule has 8 heteroatoms. The molecule has 0 aliphatic carbocycles. The molecule has 1 aromatic carbocycles. The van der Waals surface area contributed by atoms with Crippen molar-refractivity contribution in [1.82, 2.24) is 0 Å². The topological polar surface area (TPSA) is 81.7 Å². The third kappa shape index (κ3) is 3.22. The average Bonchev–Trinajstić information content (AvgIpc) is 2.39. The van der Waals surface area contributed by atoms with Crippen LogP contribution in [0.4, 0.5) is 9.57 Å². The molecule has 0 aromatic heterocycles. The molecule has 6 nitrogen and oxygen atoms in total. The summed E-state index contributed by atoms with van der Waals surface area (Å²) in [5, 5.41) is 2.26. The zero-order valence-electron chi connectivity index (χ0n) is 9.63. The number of hydrogen-bond acceptors (Lipinski definition) is 5. The Kier molecular flexibility index (Phi) is 3.70. The van der Waals surface area contributed by atoms with Crippen molar-refractivity contribution in [2.24, 2.45) is 0 Å². The number of carbonyl (C=O) groups excluding carboxylic acids is 1. The molecule has 1 aliphatic heterocycles. The van der Waals surface area contributed by atoms with Gasteiger partial charge in [-0.3, -0.25) is 4.79 Å². The molecule has 1 amide bonds. The van der Waals surface area contributed by atoms with Gasteiger partial charge in [-0.05, 0) is 12.1 Å². The van der Waals surface area contributed by atoms with Crippen LogP contribution in [0.25, 0.3) is 0 Å². The van der Waals surface area contributed by atoms with Gasteiger partial charge in [0.15, 0.2) is 0 Å². The molecule has 0 atom stereocenters. The summed E-state index contributed by atoms with van der Waals surface area (Å²) in [4.78, 5) is 11.1. The Labute approximate surface area is 109 Å². The van der Waals surface area contributed by atoms with Crippen molar-refractivity contribution in [2.45, 2.75) is 4.90 Å². The molecular formula is C11H10FNO5S. The normalized spacial score (nSPS) is 14.9. The first kappa shape index (κ1) is 13.3. The second-order valence-corrected chi connectivity index (χ2v) is 4.91. The highest BCUT2D eigenvalue weighted by atomic mass is 32.3. The average molecular weight is 287 g/mol. The van der Waals surface area contributed by atoms with Crippen LogP contribution >= 0.6 is 0 Å². The van der Waals surface area contributed by atoms with E-state index in [-0.39, 0.29) is 18.1 Å². The molecule has 19 heavy (non-hydrogen) atoms. The zero-order valence-corrected chi connectivity index (χ0v) is 10.4. The molecule has 1 aromatic rings. The standard InChI is InChI=1S/C11H10FNO5S/c12-19(15,16)10-4-2-1-3-8(10)13-11(14)9-7-17-5-6-18-9/h1-4,7H,5-6H2,(H,13,14). The van der Waals surface area contributed by atoms with E-state index in [9.17, 15) is 17.1 Å². The molecular weight excluding hydrogens is 277 g/mol. The first-order valence-corrected chi connectivity index (χ1v) is 6.66. The lowest BCUT2D eigenvalue weighted by Gasteiger charge is -2.15. The highest BCUT2D eigenvalue weighted by Gasteiger charge is 2.21. The van der Waals surface area contributed by atoms with Gasteiger partial charge in [-0.1, -0.05) is 12.1 Å². The van der Waals surface area contributed by atoms with Crippen LogP contribution < -0.4 is 5.32 Å². The second kappa shape index (κ2) is 5.27. The van der Waals surface area contributed by atoms with E-state index in [1.165, 1.54) is 18.2 Å². The number of carbonyl (C=O) groups is 1. The van der Waals surface area contributed by atoms with E-state index >= 15 is 0 Å². The van der Waals surface area contributed by atoms with Gasteiger partial charge in [0.2, 0.25) is 5.76 Å². The fourth-order valence-corrected chi connectivity index (χ4v) is 2.08. The number of halogens is 1. The van der Waals surface area contributed by atoms with Gasteiger partial charge < -0.3 is 14.8 Å². The predicted molar refractivity (Wildman–Crippen MR) is 63.4 cm³/mol. The maximum absolute atomic E-state index is 13.0. The largest absolute Gasteiger partial charge is 0.494 e. The second-order valence-electron chi connectivity index (χ2n) is 3.59. The fraction of sp³-hybridized carbons (Fsp3) is 0.182. The lowest BCUT2D eigenvalue weighted by atomic mass is 10.3. The number of para-hydroxylation sites is 1. The molecule has 0 bridgehead atoms. The monoisotopic (exact) mass is 287 g/mol. The highest BCUT2D eigenvalue weighted by molar-refractivity contribution is 7.86. The lowest BCUT2D eigenvalue weighted by molar-refractivity contribution is -0.117. The molecule has 0 radical (unpaired) electrons. The summed E-state index contributed by atoms with van der Waals surface area (Å²) in [6.07, 6.45) is 1.12. The quantitative estimate of drug-likeness (QED) is 0.844. The lowest BCUT2D eigenvalue weighted by Crippen LogP contribution is -2.21. The zero-order chi connectivity index (χ0) is 13.9. The fourth-order valence-electron chi connectivity index (χ4n) is 1.45. The summed E-state index contributed by atoms with van der Waals surface area (Å²) < 4.78 is 44.8. The van der Waals surface area contributed by atoms with Gasteiger partial charge in [0.05, 0.1) is 5.69 Å². The van der Waals surface area contributed by atoms with Crippen LogP contribution in [0.3, 0.4) is 0 Å². The van der Waals surface area contributed by atoms with Gasteiger partial charge in [0, 0.05) is 0 Å². The number of rotatable bonds is 3. The first-order valence-electron chi connectivity index (χ1n) is 5.28. The Balaban J connectivity index is 2.24. The van der Waals surface area contributed by atoms with Gasteiger partial charge in [-0.15, -0.1) is 3.89 Å². The summed E-state index contributed by atoms with van der Waals surface area (Å²) in [7, 11) is -4.92. The van der Waals surface area contributed by atoms with Gasteiger partial charge in [-0.25, -0.2) is 0 Å². The molecule has 1 N–H and O–H groups in total. The number of amides is 1. The minimum atomic E-state index is -4.92. The summed E-state index contributed by atoms with van der Waals surface area (Å²) >= 11 is 0. The Morgan fingerprint density at radius 1 is 1.26 bits per heavy atom. The van der Waals surface area contributed by atoms with Crippen molar-refractivity contribution in [3.8, 4) is 0 Å². The molecule has 0 saturated carbocycles. The first-order chi connectivity index (χ1) is 8.98. The van der Waals surface area contributed by atoms with Crippen molar-refractivity contribution in [1.29, 1.82) is 0 Å². The third-order valence-corrected chi connectivity index (χ3v) is 3.15. The van der Waals surface area contributed by atoms with Crippen LogP contribution in [0.15, 0.2) is 41.2 Å². The predicted octanol–water partition coefficient (Wildman–Crippen LogP) is 1.17. The number of hydrogen-bond donors (Lipinski definition) is 1. The number of nitrogens with one attached hydrogen (secondary N) is 1. The van der Waals surface area contributed by atoms with Crippen LogP contribution in [0.1, 0.15) is 0 Å². The minimum absolute atomic E-state index is 0.0997. The number of benzene rings is 1. The van der Waals surface area contributed by atoms with Crippen molar-refractivity contribution >= 4 is 21.8 Å². The summed E-state index contributed by atoms with van der Waals surface area (Å²) in [6, 6.07) is 5.14. The van der Waals surface area contributed by atoms with E-state index in [1.807, 2.05) is 0 Å². The number of ether oxygens (including phenoxy) is 2. The molecule has 0 unspecified atom stereocenters. The highest BCUT2D eigenvalue weighted by Crippen LogP contribution is 2.23. The number of anilines is 1. The van der Waals surface area contributed by atoms with Gasteiger partial charge in [-0.2, -0.15) is 8.42 Å². The Hall–Kier alpha value is -2.09. The summed E-state index contributed by atoms with van der Waals surface area (Å²) in [5.41, 5.74) is -0.162. The van der Waals surface area contributed by atoms with E-state index in [1.54, 1.807) is 0 Å². The molecule has 0 spiro atoms. The Bertz CT molecular complexity index is 626. The van der Waals surface area contributed by atoms with Crippen LogP contribution in [0, 0.1) is 0 Å². The van der Waals surface area contributed by atoms with E-state index < -0.39 is 21.0 Å². The van der Waals surface area contributed by atoms with Crippen LogP contribution in [-0.2, 0) is 24.5 Å². The van der Waals surface area contributed by atoms with Crippen molar-refractivity contribution in [3.63, 3.8) is 0 Å². The molecule has 1 aliphatic rings. The van der Waals surface area contributed by atoms with E-state index in [4.69, 9.17) is 9.47 Å². The van der Waals surface area contributed by atoms with Crippen LogP contribution in [0.2, 0.25) is 0 Å².